The summed E-state index contributed by atoms with van der Waals surface area (Å²) in [6.45, 7) is 3.53. The third-order valence-corrected chi connectivity index (χ3v) is 2.13. The molecule has 12 heavy (non-hydrogen) atoms. The molecule has 0 spiro atoms. The Bertz CT molecular complexity index is 284. The van der Waals surface area contributed by atoms with Gasteiger partial charge in [-0.3, -0.25) is 4.79 Å². The van der Waals surface area contributed by atoms with Crippen molar-refractivity contribution in [2.75, 3.05) is 0 Å². The first kappa shape index (κ1) is 9.27. The van der Waals surface area contributed by atoms with Crippen molar-refractivity contribution in [3.05, 3.63) is 34.3 Å². The molecule has 1 nitrogen and oxygen atoms in total. The van der Waals surface area contributed by atoms with E-state index in [1.165, 1.54) is 0 Å². The van der Waals surface area contributed by atoms with Crippen LogP contribution in [-0.4, -0.2) is 5.78 Å². The van der Waals surface area contributed by atoms with Gasteiger partial charge in [-0.05, 0) is 31.0 Å². The molecule has 64 valence electrons. The lowest BCUT2D eigenvalue weighted by Gasteiger charge is -2.04. The maximum atomic E-state index is 10.9. The quantitative estimate of drug-likeness (QED) is 0.688. The molecule has 0 amide bonds. The second-order valence-corrected chi connectivity index (χ2v) is 3.32. The topological polar surface area (TPSA) is 17.1 Å². The first-order valence-corrected chi connectivity index (χ1v) is 4.22. The summed E-state index contributed by atoms with van der Waals surface area (Å²) in [5.74, 6) is 0.145. The second kappa shape index (κ2) is 3.72. The highest BCUT2D eigenvalue weighted by Crippen LogP contribution is 2.19. The smallest absolute Gasteiger partial charge is 0.134 e. The minimum absolute atomic E-state index is 0.145. The van der Waals surface area contributed by atoms with Crippen LogP contribution >= 0.6 is 11.6 Å². The van der Waals surface area contributed by atoms with Crippen molar-refractivity contribution in [3.63, 3.8) is 0 Å². The molecule has 0 aliphatic heterocycles. The van der Waals surface area contributed by atoms with Gasteiger partial charge in [0.25, 0.3) is 0 Å². The molecule has 0 aliphatic carbocycles. The summed E-state index contributed by atoms with van der Waals surface area (Å²) in [4.78, 5) is 10.9. The number of carbonyl (C=O) groups excluding carboxylic acids is 1. The fourth-order valence-electron chi connectivity index (χ4n) is 1.14. The van der Waals surface area contributed by atoms with Crippen LogP contribution < -0.4 is 0 Å². The Balaban J connectivity index is 3.04. The fraction of sp³-hybridized carbons (Fsp3) is 0.300. The zero-order chi connectivity index (χ0) is 9.14. The molecule has 1 aromatic carbocycles. The molecule has 0 N–H and O–H groups in total. The van der Waals surface area contributed by atoms with Crippen LogP contribution in [0.3, 0.4) is 0 Å². The van der Waals surface area contributed by atoms with Gasteiger partial charge in [0.1, 0.15) is 5.78 Å². The van der Waals surface area contributed by atoms with Crippen LogP contribution in [0.2, 0.25) is 5.02 Å². The maximum absolute atomic E-state index is 10.9. The lowest BCUT2D eigenvalue weighted by Crippen LogP contribution is -1.99. The summed E-state index contributed by atoms with van der Waals surface area (Å²) in [6.07, 6.45) is 0.436. The summed E-state index contributed by atoms with van der Waals surface area (Å²) in [6, 6.07) is 5.66. The number of benzene rings is 1. The van der Waals surface area contributed by atoms with Gasteiger partial charge in [-0.1, -0.05) is 23.7 Å². The molecule has 0 radical (unpaired) electrons. The van der Waals surface area contributed by atoms with Crippen molar-refractivity contribution in [1.29, 1.82) is 0 Å². The number of carbonyl (C=O) groups is 1. The van der Waals surface area contributed by atoms with Crippen molar-refractivity contribution >= 4 is 17.4 Å². The van der Waals surface area contributed by atoms with Crippen molar-refractivity contribution < 1.29 is 4.79 Å². The zero-order valence-corrected chi connectivity index (χ0v) is 7.98. The number of Topliss-reactive ketones (excluding diaryl/α,β-unsaturated/α-hetero) is 1. The number of ketones is 1. The Hall–Kier alpha value is -0.820. The number of rotatable bonds is 2. The van der Waals surface area contributed by atoms with E-state index in [0.717, 1.165) is 11.1 Å². The average molecular weight is 183 g/mol. The van der Waals surface area contributed by atoms with Crippen LogP contribution in [0.25, 0.3) is 0 Å². The second-order valence-electron chi connectivity index (χ2n) is 2.91. The Kier molecular flexibility index (Phi) is 2.88. The van der Waals surface area contributed by atoms with Crippen LogP contribution in [0.1, 0.15) is 18.1 Å². The summed E-state index contributed by atoms with van der Waals surface area (Å²) in [7, 11) is 0. The van der Waals surface area contributed by atoms with Gasteiger partial charge in [0, 0.05) is 11.4 Å². The van der Waals surface area contributed by atoms with Crippen LogP contribution in [0.4, 0.5) is 0 Å². The normalized spacial score (nSPS) is 9.92. The highest BCUT2D eigenvalue weighted by Gasteiger charge is 2.05. The van der Waals surface area contributed by atoms with E-state index in [1.807, 2.05) is 25.1 Å². The number of halogens is 1. The standard InChI is InChI=1S/C10H11ClO/c1-7-4-3-5-10(11)9(7)6-8(2)12/h3-5H,6H2,1-2H3. The summed E-state index contributed by atoms with van der Waals surface area (Å²) >= 11 is 5.92. The molecule has 0 aliphatic rings. The third kappa shape index (κ3) is 2.08. The molecule has 0 bridgehead atoms. The average Bonchev–Trinajstić information content (AvgIpc) is 1.97. The van der Waals surface area contributed by atoms with E-state index in [1.54, 1.807) is 6.92 Å². The highest BCUT2D eigenvalue weighted by atomic mass is 35.5. The molecule has 1 aromatic rings. The first-order valence-electron chi connectivity index (χ1n) is 3.84. The van der Waals surface area contributed by atoms with Gasteiger partial charge >= 0.3 is 0 Å². The lowest BCUT2D eigenvalue weighted by molar-refractivity contribution is -0.116. The number of hydrogen-bond acceptors (Lipinski definition) is 1. The molecule has 1 rings (SSSR count). The molecule has 0 saturated carbocycles. The molecular weight excluding hydrogens is 172 g/mol. The molecule has 0 fully saturated rings. The van der Waals surface area contributed by atoms with Crippen molar-refractivity contribution in [2.45, 2.75) is 20.3 Å². The maximum Gasteiger partial charge on any atom is 0.134 e. The van der Waals surface area contributed by atoms with E-state index in [9.17, 15) is 4.79 Å². The Morgan fingerprint density at radius 3 is 2.67 bits per heavy atom. The molecule has 0 unspecified atom stereocenters. The predicted octanol–water partition coefficient (Wildman–Crippen LogP) is 2.78. The third-order valence-electron chi connectivity index (χ3n) is 1.78. The van der Waals surface area contributed by atoms with Gasteiger partial charge in [-0.2, -0.15) is 0 Å². The van der Waals surface area contributed by atoms with Crippen LogP contribution in [0.15, 0.2) is 18.2 Å². The molecular formula is C10H11ClO. The highest BCUT2D eigenvalue weighted by molar-refractivity contribution is 6.31. The van der Waals surface area contributed by atoms with Gasteiger partial charge in [0.15, 0.2) is 0 Å². The Labute approximate surface area is 77.4 Å². The summed E-state index contributed by atoms with van der Waals surface area (Å²) in [5, 5.41) is 0.685. The molecule has 0 aromatic heterocycles. The van der Waals surface area contributed by atoms with E-state index in [4.69, 9.17) is 11.6 Å². The largest absolute Gasteiger partial charge is 0.300 e. The van der Waals surface area contributed by atoms with E-state index < -0.39 is 0 Å². The van der Waals surface area contributed by atoms with E-state index in [0.29, 0.717) is 11.4 Å². The summed E-state index contributed by atoms with van der Waals surface area (Å²) in [5.41, 5.74) is 2.03. The first-order chi connectivity index (χ1) is 5.61. The number of aryl methyl sites for hydroxylation is 1. The predicted molar refractivity (Wildman–Crippen MR) is 50.6 cm³/mol. The Morgan fingerprint density at radius 1 is 1.50 bits per heavy atom. The van der Waals surface area contributed by atoms with Crippen molar-refractivity contribution in [2.24, 2.45) is 0 Å². The molecule has 0 heterocycles. The molecule has 0 saturated heterocycles. The minimum atomic E-state index is 0.145. The van der Waals surface area contributed by atoms with Gasteiger partial charge in [-0.15, -0.1) is 0 Å². The van der Waals surface area contributed by atoms with Crippen molar-refractivity contribution in [3.8, 4) is 0 Å². The minimum Gasteiger partial charge on any atom is -0.300 e. The number of hydrogen-bond donors (Lipinski definition) is 0. The van der Waals surface area contributed by atoms with Gasteiger partial charge in [-0.25, -0.2) is 0 Å². The van der Waals surface area contributed by atoms with Crippen LogP contribution in [-0.2, 0) is 11.2 Å². The molecule has 2 heteroatoms. The van der Waals surface area contributed by atoms with Gasteiger partial charge < -0.3 is 0 Å². The summed E-state index contributed by atoms with van der Waals surface area (Å²) < 4.78 is 0. The zero-order valence-electron chi connectivity index (χ0n) is 7.23. The van der Waals surface area contributed by atoms with E-state index in [-0.39, 0.29) is 5.78 Å². The lowest BCUT2D eigenvalue weighted by atomic mass is 10.0. The van der Waals surface area contributed by atoms with Crippen LogP contribution in [0, 0.1) is 6.92 Å². The van der Waals surface area contributed by atoms with E-state index in [2.05, 4.69) is 0 Å². The van der Waals surface area contributed by atoms with Gasteiger partial charge in [0.2, 0.25) is 0 Å². The Morgan fingerprint density at radius 2 is 2.17 bits per heavy atom. The molecule has 0 atom stereocenters. The monoisotopic (exact) mass is 182 g/mol. The van der Waals surface area contributed by atoms with Gasteiger partial charge in [0.05, 0.1) is 0 Å². The van der Waals surface area contributed by atoms with Crippen molar-refractivity contribution in [1.82, 2.24) is 0 Å². The fourth-order valence-corrected chi connectivity index (χ4v) is 1.43. The SMILES string of the molecule is CC(=O)Cc1c(C)cccc1Cl. The van der Waals surface area contributed by atoms with Crippen LogP contribution in [0.5, 0.6) is 0 Å². The van der Waals surface area contributed by atoms with E-state index >= 15 is 0 Å².